The molecule has 0 radical (unpaired) electrons. The van der Waals surface area contributed by atoms with Crippen LogP contribution >= 0.6 is 0 Å². The standard InChI is InChI=1S/C26H29FN4O2/c1-3-4-23(26(32)33)28-18-8-5-15(6-9-18)20-13-31(2)14-21-19-12-17(27)11-16-7-10-22(24(16)19)29-30-25(20)21/h5,7,10-12,14,18,23,28,30H,3-4,6,8-9,13H2,1-2H3,(H,32,33)/t18?,23-/m0/s1. The van der Waals surface area contributed by atoms with Crippen LogP contribution in [0.15, 0.2) is 52.4 Å². The highest BCUT2D eigenvalue weighted by atomic mass is 19.1. The van der Waals surface area contributed by atoms with Gasteiger partial charge in [-0.25, -0.2) is 4.39 Å². The Morgan fingerprint density at radius 1 is 1.39 bits per heavy atom. The van der Waals surface area contributed by atoms with E-state index < -0.39 is 12.0 Å². The van der Waals surface area contributed by atoms with Crippen LogP contribution in [0.2, 0.25) is 0 Å². The summed E-state index contributed by atoms with van der Waals surface area (Å²) in [6, 6.07) is 2.82. The molecule has 0 saturated heterocycles. The molecular formula is C26H29FN4O2. The van der Waals surface area contributed by atoms with Crippen molar-refractivity contribution in [2.75, 3.05) is 13.6 Å². The third-order valence-corrected chi connectivity index (χ3v) is 6.83. The van der Waals surface area contributed by atoms with Crippen molar-refractivity contribution in [3.8, 4) is 0 Å². The summed E-state index contributed by atoms with van der Waals surface area (Å²) in [7, 11) is 2.03. The molecule has 6 nitrogen and oxygen atoms in total. The van der Waals surface area contributed by atoms with E-state index in [1.165, 1.54) is 11.1 Å². The number of hydrogen-bond acceptors (Lipinski definition) is 5. The summed E-state index contributed by atoms with van der Waals surface area (Å²) in [5.41, 5.74) is 11.1. The van der Waals surface area contributed by atoms with Gasteiger partial charge in [0, 0.05) is 37.0 Å². The van der Waals surface area contributed by atoms with Crippen LogP contribution in [-0.4, -0.2) is 47.4 Å². The summed E-state index contributed by atoms with van der Waals surface area (Å²) in [4.78, 5) is 13.7. The number of hydrogen-bond donors (Lipinski definition) is 3. The molecule has 33 heavy (non-hydrogen) atoms. The molecule has 5 rings (SSSR count). The Morgan fingerprint density at radius 2 is 2.24 bits per heavy atom. The number of benzene rings is 1. The maximum absolute atomic E-state index is 14.4. The summed E-state index contributed by atoms with van der Waals surface area (Å²) in [6.45, 7) is 2.74. The van der Waals surface area contributed by atoms with Crippen LogP contribution in [0, 0.1) is 5.82 Å². The highest BCUT2D eigenvalue weighted by molar-refractivity contribution is 6.20. The number of allylic oxidation sites excluding steroid dienone is 2. The number of nitrogens with zero attached hydrogens (tertiary/aromatic N) is 2. The second-order valence-electron chi connectivity index (χ2n) is 9.22. The lowest BCUT2D eigenvalue weighted by atomic mass is 9.85. The second kappa shape index (κ2) is 8.63. The molecule has 172 valence electrons. The van der Waals surface area contributed by atoms with Gasteiger partial charge >= 0.3 is 5.97 Å². The van der Waals surface area contributed by atoms with E-state index in [0.717, 1.165) is 65.9 Å². The number of likely N-dealkylation sites (N-methyl/N-ethyl adjacent to an activating group) is 1. The van der Waals surface area contributed by atoms with Gasteiger partial charge in [-0.1, -0.05) is 25.5 Å². The second-order valence-corrected chi connectivity index (χ2v) is 9.22. The molecule has 1 aromatic rings. The molecule has 0 spiro atoms. The maximum atomic E-state index is 14.4. The maximum Gasteiger partial charge on any atom is 0.320 e. The lowest BCUT2D eigenvalue weighted by Crippen LogP contribution is -2.44. The monoisotopic (exact) mass is 448 g/mol. The molecule has 2 aliphatic heterocycles. The molecule has 2 aliphatic carbocycles. The Hall–Kier alpha value is -3.19. The SMILES string of the molecule is CCC[C@H](NC1CC=C(C2=C3NN=C4C=Cc5cc(F)cc(c54)C3=CN(C)C2)CC1)C(=O)O. The van der Waals surface area contributed by atoms with Crippen molar-refractivity contribution in [3.63, 3.8) is 0 Å². The number of halogens is 1. The van der Waals surface area contributed by atoms with Gasteiger partial charge in [-0.2, -0.15) is 5.10 Å². The van der Waals surface area contributed by atoms with Crippen LogP contribution in [0.5, 0.6) is 0 Å². The Balaban J connectivity index is 1.47. The third kappa shape index (κ3) is 4.02. The summed E-state index contributed by atoms with van der Waals surface area (Å²) >= 11 is 0. The van der Waals surface area contributed by atoms with Crippen molar-refractivity contribution in [1.82, 2.24) is 15.6 Å². The molecule has 0 saturated carbocycles. The van der Waals surface area contributed by atoms with Gasteiger partial charge in [-0.15, -0.1) is 0 Å². The topological polar surface area (TPSA) is 77.0 Å². The number of carboxylic acids is 1. The van der Waals surface area contributed by atoms with E-state index in [0.29, 0.717) is 6.42 Å². The van der Waals surface area contributed by atoms with E-state index in [2.05, 4.69) is 33.0 Å². The zero-order valence-corrected chi connectivity index (χ0v) is 19.0. The lowest BCUT2D eigenvalue weighted by Gasteiger charge is -2.32. The molecule has 4 aliphatic rings. The highest BCUT2D eigenvalue weighted by Gasteiger charge is 2.31. The minimum atomic E-state index is -0.780. The molecule has 3 N–H and O–H groups in total. The predicted octanol–water partition coefficient (Wildman–Crippen LogP) is 4.02. The number of aliphatic carboxylic acids is 1. The van der Waals surface area contributed by atoms with Crippen molar-refractivity contribution in [2.24, 2.45) is 5.10 Å². The fourth-order valence-electron chi connectivity index (χ4n) is 5.25. The Kier molecular flexibility index (Phi) is 5.66. The van der Waals surface area contributed by atoms with Crippen LogP contribution in [0.1, 0.15) is 55.7 Å². The quantitative estimate of drug-likeness (QED) is 0.613. The van der Waals surface area contributed by atoms with Crippen LogP contribution in [0.25, 0.3) is 11.6 Å². The van der Waals surface area contributed by atoms with E-state index in [1.807, 2.05) is 26.1 Å². The minimum absolute atomic E-state index is 0.156. The number of carbonyl (C=O) groups is 1. The fourth-order valence-corrected chi connectivity index (χ4v) is 5.25. The third-order valence-electron chi connectivity index (χ3n) is 6.83. The number of fused-ring (bicyclic) bond motifs is 2. The van der Waals surface area contributed by atoms with Gasteiger partial charge in [0.1, 0.15) is 11.9 Å². The first kappa shape index (κ1) is 21.6. The van der Waals surface area contributed by atoms with E-state index in [1.54, 1.807) is 12.1 Å². The van der Waals surface area contributed by atoms with E-state index in [4.69, 9.17) is 0 Å². The zero-order valence-electron chi connectivity index (χ0n) is 19.0. The predicted molar refractivity (Wildman–Crippen MR) is 128 cm³/mol. The van der Waals surface area contributed by atoms with Gasteiger partial charge in [-0.3, -0.25) is 10.2 Å². The van der Waals surface area contributed by atoms with Crippen molar-refractivity contribution in [3.05, 3.63) is 69.8 Å². The van der Waals surface area contributed by atoms with Gasteiger partial charge in [0.25, 0.3) is 0 Å². The largest absolute Gasteiger partial charge is 0.480 e. The molecule has 2 atom stereocenters. The molecule has 1 aromatic carbocycles. The van der Waals surface area contributed by atoms with Crippen LogP contribution in [-0.2, 0) is 4.79 Å². The summed E-state index contributed by atoms with van der Waals surface area (Å²) in [5.74, 6) is -1.03. The molecule has 0 aromatic heterocycles. The van der Waals surface area contributed by atoms with E-state index in [9.17, 15) is 14.3 Å². The fraction of sp³-hybridized carbons (Fsp3) is 0.385. The van der Waals surface area contributed by atoms with Crippen molar-refractivity contribution in [1.29, 1.82) is 0 Å². The highest BCUT2D eigenvalue weighted by Crippen LogP contribution is 2.40. The summed E-state index contributed by atoms with van der Waals surface area (Å²) < 4.78 is 14.4. The van der Waals surface area contributed by atoms with E-state index >= 15 is 0 Å². The van der Waals surface area contributed by atoms with Gasteiger partial charge in [0.15, 0.2) is 0 Å². The minimum Gasteiger partial charge on any atom is -0.480 e. The molecule has 0 amide bonds. The number of carboxylic acid groups (broad SMARTS) is 1. The Bertz CT molecular complexity index is 1160. The number of hydrazone groups is 1. The summed E-state index contributed by atoms with van der Waals surface area (Å²) in [6.07, 6.45) is 12.1. The van der Waals surface area contributed by atoms with E-state index in [-0.39, 0.29) is 11.9 Å². The van der Waals surface area contributed by atoms with Crippen molar-refractivity contribution in [2.45, 2.75) is 51.1 Å². The number of rotatable bonds is 6. The van der Waals surface area contributed by atoms with Gasteiger partial charge in [0.2, 0.25) is 0 Å². The molecule has 7 heteroatoms. The first-order valence-corrected chi connectivity index (χ1v) is 11.6. The van der Waals surface area contributed by atoms with Crippen LogP contribution in [0.4, 0.5) is 4.39 Å². The van der Waals surface area contributed by atoms with Crippen LogP contribution < -0.4 is 10.7 Å². The Labute approximate surface area is 193 Å². The first-order chi connectivity index (χ1) is 15.9. The van der Waals surface area contributed by atoms with Gasteiger partial charge < -0.3 is 15.3 Å². The lowest BCUT2D eigenvalue weighted by molar-refractivity contribution is -0.139. The Morgan fingerprint density at radius 3 is 2.97 bits per heavy atom. The van der Waals surface area contributed by atoms with Crippen LogP contribution in [0.3, 0.4) is 0 Å². The number of nitrogens with one attached hydrogen (secondary N) is 2. The van der Waals surface area contributed by atoms with Crippen molar-refractivity contribution < 1.29 is 14.3 Å². The van der Waals surface area contributed by atoms with Gasteiger partial charge in [-0.05, 0) is 66.2 Å². The molecule has 2 heterocycles. The molecule has 1 unspecified atom stereocenters. The average Bonchev–Trinajstić information content (AvgIpc) is 3.12. The molecule has 0 bridgehead atoms. The van der Waals surface area contributed by atoms with Crippen molar-refractivity contribution >= 4 is 23.3 Å². The zero-order chi connectivity index (χ0) is 23.1. The molecule has 0 fully saturated rings. The molecular weight excluding hydrogens is 419 g/mol. The van der Waals surface area contributed by atoms with Gasteiger partial charge in [0.05, 0.1) is 11.4 Å². The smallest absolute Gasteiger partial charge is 0.320 e. The normalized spacial score (nSPS) is 22.0. The summed E-state index contributed by atoms with van der Waals surface area (Å²) in [5, 5.41) is 17.4. The average molecular weight is 449 g/mol. The first-order valence-electron chi connectivity index (χ1n) is 11.6.